The zero-order chi connectivity index (χ0) is 32.6. The lowest BCUT2D eigenvalue weighted by molar-refractivity contribution is 0.0610. The van der Waals surface area contributed by atoms with Crippen molar-refractivity contribution in [3.8, 4) is 0 Å². The number of halogens is 5. The maximum Gasteiger partial charge on any atom is 0.353 e. The van der Waals surface area contributed by atoms with E-state index in [1.807, 2.05) is 0 Å². The number of hydrogen-bond donors (Lipinski definition) is 2. The van der Waals surface area contributed by atoms with Gasteiger partial charge in [0.2, 0.25) is 0 Å². The molecule has 0 radical (unpaired) electrons. The second kappa shape index (κ2) is 17.4. The number of nitrogen functional groups attached to an aromatic ring is 1. The van der Waals surface area contributed by atoms with E-state index in [1.54, 1.807) is 17.8 Å². The molecule has 2 atom stereocenters. The van der Waals surface area contributed by atoms with E-state index < -0.39 is 42.4 Å². The van der Waals surface area contributed by atoms with Crippen LogP contribution in [0.2, 0.25) is 0 Å². The van der Waals surface area contributed by atoms with Gasteiger partial charge in [0.05, 0.1) is 37.9 Å². The summed E-state index contributed by atoms with van der Waals surface area (Å²) in [5, 5.41) is 0. The van der Waals surface area contributed by atoms with Gasteiger partial charge in [-0.1, -0.05) is 96.5 Å². The van der Waals surface area contributed by atoms with Crippen LogP contribution in [0, 0.1) is 0 Å². The molecule has 0 aliphatic rings. The molecule has 0 spiro atoms. The molecule has 44 heavy (non-hydrogen) atoms. The summed E-state index contributed by atoms with van der Waals surface area (Å²) in [5.74, 6) is -1.66. The fourth-order valence-corrected chi connectivity index (χ4v) is 6.29. The molecule has 0 amide bonds. The number of ether oxygens (including phenoxy) is 2. The number of rotatable bonds is 26. The summed E-state index contributed by atoms with van der Waals surface area (Å²) in [5.41, 5.74) is 6.82. The van der Waals surface area contributed by atoms with Crippen molar-refractivity contribution in [2.24, 2.45) is 0 Å². The predicted octanol–water partition coefficient (Wildman–Crippen LogP) is 8.75. The molecule has 17 heteroatoms. The van der Waals surface area contributed by atoms with E-state index in [9.17, 15) is 28.9 Å². The van der Waals surface area contributed by atoms with Crippen molar-refractivity contribution in [2.75, 3.05) is 37.7 Å². The van der Waals surface area contributed by atoms with E-state index in [1.165, 1.54) is 6.33 Å². The van der Waals surface area contributed by atoms with Crippen LogP contribution in [-0.2, 0) is 25.1 Å². The van der Waals surface area contributed by atoms with Crippen LogP contribution in [0.5, 0.6) is 0 Å². The first-order chi connectivity index (χ1) is 20.5. The van der Waals surface area contributed by atoms with E-state index >= 15 is 0 Å². The predicted molar refractivity (Wildman–Crippen MR) is 164 cm³/mol. The molecule has 0 saturated heterocycles. The van der Waals surface area contributed by atoms with Gasteiger partial charge in [0, 0.05) is 6.61 Å². The van der Waals surface area contributed by atoms with Crippen LogP contribution >= 0.6 is 17.8 Å². The summed E-state index contributed by atoms with van der Waals surface area (Å²) in [6.07, 6.45) is 13.8. The second-order valence-electron chi connectivity index (χ2n) is 11.3. The van der Waals surface area contributed by atoms with Crippen molar-refractivity contribution < 1.29 is 42.9 Å². The van der Waals surface area contributed by atoms with Crippen molar-refractivity contribution in [3.05, 3.63) is 12.7 Å². The Morgan fingerprint density at radius 2 is 1.39 bits per heavy atom. The lowest BCUT2D eigenvalue weighted by Gasteiger charge is -2.40. The van der Waals surface area contributed by atoms with Gasteiger partial charge in [0.25, 0.3) is 10.2 Å². The van der Waals surface area contributed by atoms with Gasteiger partial charge < -0.3 is 29.2 Å². The molecule has 0 aromatic carbocycles. The van der Waals surface area contributed by atoms with Gasteiger partial charge >= 0.3 is 7.60 Å². The van der Waals surface area contributed by atoms with E-state index in [0.717, 1.165) is 70.6 Å². The lowest BCUT2D eigenvalue weighted by Crippen LogP contribution is -2.18. The van der Waals surface area contributed by atoms with Crippen molar-refractivity contribution in [1.29, 1.82) is 0 Å². The molecule has 2 rings (SSSR count). The number of imidazole rings is 1. The number of nitrogens with zero attached hydrogens (tertiary/aromatic N) is 4. The first kappa shape index (κ1) is 38.6. The summed E-state index contributed by atoms with van der Waals surface area (Å²) in [6, 6.07) is 0. The Kier molecular flexibility index (Phi) is 15.2. The minimum atomic E-state index is -9.22. The fraction of sp³-hybridized carbons (Fsp3) is 0.815. The molecule has 0 aliphatic carbocycles. The van der Waals surface area contributed by atoms with Crippen LogP contribution in [0.3, 0.4) is 0 Å². The van der Waals surface area contributed by atoms with Crippen molar-refractivity contribution in [3.63, 3.8) is 0 Å². The highest BCUT2D eigenvalue weighted by molar-refractivity contribution is 8.45. The summed E-state index contributed by atoms with van der Waals surface area (Å²) in [4.78, 5) is 22.3. The van der Waals surface area contributed by atoms with Crippen molar-refractivity contribution in [1.82, 2.24) is 19.5 Å². The van der Waals surface area contributed by atoms with Crippen LogP contribution in [0.25, 0.3) is 11.2 Å². The molecule has 0 fully saturated rings. The highest BCUT2D eigenvalue weighted by Gasteiger charge is 2.62. The maximum absolute atomic E-state index is 12.3. The van der Waals surface area contributed by atoms with Crippen molar-refractivity contribution >= 4 is 34.8 Å². The molecule has 3 N–H and O–H groups in total. The van der Waals surface area contributed by atoms with Gasteiger partial charge in [0.1, 0.15) is 18.2 Å². The summed E-state index contributed by atoms with van der Waals surface area (Å²) < 4.78 is 91.3. The Balaban J connectivity index is 1.35. The SMILES string of the molecule is C[C@H](Cn1cnc2c(N)ncnc21)OCP(=O)(O)OCCOCCCCCCCCCCCCCCCCS(F)(F)(F)(F)F. The van der Waals surface area contributed by atoms with Crippen molar-refractivity contribution in [2.45, 2.75) is 109 Å². The fourth-order valence-electron chi connectivity index (χ4n) is 4.66. The highest BCUT2D eigenvalue weighted by Crippen LogP contribution is 2.97. The number of nitrogens with two attached hydrogens (primary N) is 1. The third-order valence-electron chi connectivity index (χ3n) is 6.99. The van der Waals surface area contributed by atoms with E-state index in [2.05, 4.69) is 15.0 Å². The van der Waals surface area contributed by atoms with E-state index in [0.29, 0.717) is 30.7 Å². The average Bonchev–Trinajstić information content (AvgIpc) is 3.33. The number of unbranched alkanes of at least 4 members (excludes halogenated alkanes) is 13. The maximum atomic E-state index is 12.3. The van der Waals surface area contributed by atoms with E-state index in [4.69, 9.17) is 19.7 Å². The number of fused-ring (bicyclic) bond motifs is 1. The Bertz CT molecular complexity index is 1160. The third kappa shape index (κ3) is 18.4. The van der Waals surface area contributed by atoms with Crippen LogP contribution in [-0.4, -0.2) is 62.4 Å². The molecule has 10 nitrogen and oxygen atoms in total. The van der Waals surface area contributed by atoms with Crippen LogP contribution in [0.4, 0.5) is 25.2 Å². The summed E-state index contributed by atoms with van der Waals surface area (Å²) in [7, 11) is -13.1. The number of aromatic nitrogens is 4. The highest BCUT2D eigenvalue weighted by atomic mass is 32.5. The zero-order valence-electron chi connectivity index (χ0n) is 25.6. The lowest BCUT2D eigenvalue weighted by atomic mass is 10.0. The standard InChI is InChI=1S/C27H49F5N5O5PS/c1-24(20-37-22-36-25-26(33)34-21-35-27(25)37)41-23-43(38,39)42-18-17-40-16-14-12-10-8-6-4-2-3-5-7-9-11-13-15-19-44(28,29,30,31)32/h21-22,24H,2-20,23H2,1H3,(H,38,39)(H2,33,34,35)/t24-/m1/s1. The van der Waals surface area contributed by atoms with Crippen LogP contribution < -0.4 is 5.73 Å². The smallest absolute Gasteiger partial charge is 0.353 e. The van der Waals surface area contributed by atoms with Gasteiger partial charge in [-0.25, -0.2) is 15.0 Å². The Hall–Kier alpha value is -1.58. The molecule has 2 aromatic heterocycles. The number of hydrogen-bond acceptors (Lipinski definition) is 8. The minimum absolute atomic E-state index is 0.00811. The largest absolute Gasteiger partial charge is 0.382 e. The number of anilines is 1. The zero-order valence-corrected chi connectivity index (χ0v) is 27.3. The molecule has 2 aromatic rings. The Morgan fingerprint density at radius 3 is 1.95 bits per heavy atom. The Morgan fingerprint density at radius 1 is 0.841 bits per heavy atom. The van der Waals surface area contributed by atoms with Gasteiger partial charge in [-0.05, 0) is 19.8 Å². The topological polar surface area (TPSA) is 135 Å². The molecule has 1 unspecified atom stereocenters. The minimum Gasteiger partial charge on any atom is -0.382 e. The van der Waals surface area contributed by atoms with Gasteiger partial charge in [-0.15, -0.1) is 0 Å². The summed E-state index contributed by atoms with van der Waals surface area (Å²) in [6.45, 7) is 2.88. The third-order valence-corrected chi connectivity index (χ3v) is 9.12. The molecular weight excluding hydrogens is 632 g/mol. The van der Waals surface area contributed by atoms with Crippen LogP contribution in [0.15, 0.2) is 12.7 Å². The first-order valence-electron chi connectivity index (χ1n) is 15.3. The first-order valence-corrected chi connectivity index (χ1v) is 19.2. The van der Waals surface area contributed by atoms with Crippen LogP contribution in [0.1, 0.15) is 96.8 Å². The molecular formula is C27H49F5N5O5PS. The molecule has 2 heterocycles. The Labute approximate surface area is 256 Å². The normalized spacial score (nSPS) is 16.1. The van der Waals surface area contributed by atoms with Gasteiger partial charge in [-0.2, -0.15) is 0 Å². The second-order valence-corrected chi connectivity index (χ2v) is 15.8. The monoisotopic (exact) mass is 681 g/mol. The quantitative estimate of drug-likeness (QED) is 0.0568. The van der Waals surface area contributed by atoms with Gasteiger partial charge in [0.15, 0.2) is 11.5 Å². The van der Waals surface area contributed by atoms with E-state index in [-0.39, 0.29) is 25.5 Å². The molecule has 0 bridgehead atoms. The van der Waals surface area contributed by atoms with Gasteiger partial charge in [-0.3, -0.25) is 4.57 Å². The molecule has 0 saturated carbocycles. The average molecular weight is 682 g/mol. The molecule has 258 valence electrons. The summed E-state index contributed by atoms with van der Waals surface area (Å²) >= 11 is 0. The molecule has 0 aliphatic heterocycles.